The number of carbonyl (C=O) groups is 1. The van der Waals surface area contributed by atoms with E-state index in [-0.39, 0.29) is 24.2 Å². The number of carbonyl (C=O) groups excluding carboxylic acids is 1. The van der Waals surface area contributed by atoms with Gasteiger partial charge in [-0.15, -0.1) is 0 Å². The van der Waals surface area contributed by atoms with Crippen molar-refractivity contribution >= 4 is 5.91 Å². The van der Waals surface area contributed by atoms with Crippen molar-refractivity contribution in [3.8, 4) is 0 Å². The van der Waals surface area contributed by atoms with E-state index < -0.39 is 0 Å². The summed E-state index contributed by atoms with van der Waals surface area (Å²) in [6.07, 6.45) is 0.616. The molecule has 3 N–H and O–H groups in total. The Morgan fingerprint density at radius 3 is 2.37 bits per heavy atom. The van der Waals surface area contributed by atoms with Crippen molar-refractivity contribution in [2.45, 2.75) is 39.5 Å². The van der Waals surface area contributed by atoms with Crippen molar-refractivity contribution < 1.29 is 19.0 Å². The minimum atomic E-state index is -0.321. The zero-order valence-corrected chi connectivity index (χ0v) is 12.5. The van der Waals surface area contributed by atoms with E-state index in [9.17, 15) is 4.79 Å². The number of primary amides is 1. The fourth-order valence-electron chi connectivity index (χ4n) is 1.60. The van der Waals surface area contributed by atoms with Crippen molar-refractivity contribution in [2.24, 2.45) is 11.7 Å². The molecule has 0 aromatic carbocycles. The molecule has 0 aliphatic carbocycles. The van der Waals surface area contributed by atoms with Gasteiger partial charge in [-0.25, -0.2) is 0 Å². The predicted octanol–water partition coefficient (Wildman–Crippen LogP) is 0.502. The lowest BCUT2D eigenvalue weighted by Gasteiger charge is -2.21. The summed E-state index contributed by atoms with van der Waals surface area (Å²) in [5.41, 5.74) is 5.36. The summed E-state index contributed by atoms with van der Waals surface area (Å²) >= 11 is 0. The molecule has 0 aliphatic rings. The van der Waals surface area contributed by atoms with Crippen LogP contribution in [0.15, 0.2) is 0 Å². The fraction of sp³-hybridized carbons (Fsp3) is 0.923. The van der Waals surface area contributed by atoms with E-state index in [1.165, 1.54) is 0 Å². The molecule has 0 bridgehead atoms. The van der Waals surface area contributed by atoms with Crippen LogP contribution < -0.4 is 11.1 Å². The van der Waals surface area contributed by atoms with Crippen molar-refractivity contribution in [3.63, 3.8) is 0 Å². The number of nitrogens with one attached hydrogen (secondary N) is 1. The van der Waals surface area contributed by atoms with Gasteiger partial charge in [-0.2, -0.15) is 0 Å². The van der Waals surface area contributed by atoms with Crippen LogP contribution in [0.1, 0.15) is 27.2 Å². The molecular formula is C13H28N2O4. The highest BCUT2D eigenvalue weighted by Crippen LogP contribution is 2.06. The average Bonchev–Trinajstić information content (AvgIpc) is 2.37. The summed E-state index contributed by atoms with van der Waals surface area (Å²) in [5.74, 6) is -0.105. The first-order chi connectivity index (χ1) is 9.02. The van der Waals surface area contributed by atoms with Crippen molar-refractivity contribution in [3.05, 3.63) is 0 Å². The van der Waals surface area contributed by atoms with E-state index in [0.717, 1.165) is 6.42 Å². The summed E-state index contributed by atoms with van der Waals surface area (Å²) in [6.45, 7) is 7.94. The molecule has 0 aromatic rings. The number of hydrogen-bond donors (Lipinski definition) is 2. The minimum Gasteiger partial charge on any atom is -0.382 e. The van der Waals surface area contributed by atoms with Crippen LogP contribution in [-0.4, -0.2) is 51.7 Å². The molecule has 0 heterocycles. The van der Waals surface area contributed by atoms with Gasteiger partial charge in [0.1, 0.15) is 0 Å². The third-order valence-electron chi connectivity index (χ3n) is 2.98. The SMILES string of the molecule is CCC(C)C(NCCOC(C)OCCOC)C(N)=O. The van der Waals surface area contributed by atoms with Crippen LogP contribution >= 0.6 is 0 Å². The van der Waals surface area contributed by atoms with Crippen molar-refractivity contribution in [2.75, 3.05) is 33.5 Å². The van der Waals surface area contributed by atoms with Gasteiger partial charge in [0.05, 0.1) is 25.9 Å². The number of hydrogen-bond acceptors (Lipinski definition) is 5. The highest BCUT2D eigenvalue weighted by atomic mass is 16.7. The van der Waals surface area contributed by atoms with Gasteiger partial charge in [0.15, 0.2) is 6.29 Å². The molecule has 0 saturated heterocycles. The maximum absolute atomic E-state index is 11.3. The van der Waals surface area contributed by atoms with Crippen LogP contribution in [0.25, 0.3) is 0 Å². The van der Waals surface area contributed by atoms with Gasteiger partial charge in [0.25, 0.3) is 0 Å². The third-order valence-corrected chi connectivity index (χ3v) is 2.98. The second-order valence-electron chi connectivity index (χ2n) is 4.52. The molecule has 0 radical (unpaired) electrons. The summed E-state index contributed by atoms with van der Waals surface area (Å²) in [5, 5.41) is 3.11. The molecule has 0 aromatic heterocycles. The van der Waals surface area contributed by atoms with E-state index in [1.807, 2.05) is 20.8 Å². The zero-order chi connectivity index (χ0) is 14.7. The molecule has 6 nitrogen and oxygen atoms in total. The van der Waals surface area contributed by atoms with Gasteiger partial charge in [-0.3, -0.25) is 4.79 Å². The molecule has 0 aliphatic heterocycles. The van der Waals surface area contributed by atoms with E-state index in [1.54, 1.807) is 7.11 Å². The Balaban J connectivity index is 3.73. The first-order valence-electron chi connectivity index (χ1n) is 6.77. The molecule has 0 spiro atoms. The van der Waals surface area contributed by atoms with Crippen LogP contribution in [0.3, 0.4) is 0 Å². The number of nitrogens with two attached hydrogens (primary N) is 1. The molecule has 1 amide bonds. The van der Waals surface area contributed by atoms with E-state index in [0.29, 0.717) is 26.4 Å². The van der Waals surface area contributed by atoms with Gasteiger partial charge in [0.2, 0.25) is 5.91 Å². The molecular weight excluding hydrogens is 248 g/mol. The van der Waals surface area contributed by atoms with Gasteiger partial charge >= 0.3 is 0 Å². The summed E-state index contributed by atoms with van der Waals surface area (Å²) < 4.78 is 15.6. The molecule has 0 fully saturated rings. The molecule has 6 heteroatoms. The number of amides is 1. The van der Waals surface area contributed by atoms with Crippen LogP contribution in [0.5, 0.6) is 0 Å². The lowest BCUT2D eigenvalue weighted by atomic mass is 9.99. The first kappa shape index (κ1) is 18.3. The number of ether oxygens (including phenoxy) is 3. The normalized spacial score (nSPS) is 16.0. The Hall–Kier alpha value is -0.690. The van der Waals surface area contributed by atoms with Crippen molar-refractivity contribution in [1.82, 2.24) is 5.32 Å². The Labute approximate surface area is 116 Å². The quantitative estimate of drug-likeness (QED) is 0.401. The van der Waals surface area contributed by atoms with E-state index in [2.05, 4.69) is 5.32 Å². The van der Waals surface area contributed by atoms with Crippen LogP contribution in [0.2, 0.25) is 0 Å². The second-order valence-corrected chi connectivity index (χ2v) is 4.52. The molecule has 0 rings (SSSR count). The molecule has 3 unspecified atom stereocenters. The van der Waals surface area contributed by atoms with Gasteiger partial charge in [-0.1, -0.05) is 20.3 Å². The van der Waals surface area contributed by atoms with Crippen LogP contribution in [0, 0.1) is 5.92 Å². The Bertz CT molecular complexity index is 239. The topological polar surface area (TPSA) is 82.8 Å². The molecule has 114 valence electrons. The first-order valence-corrected chi connectivity index (χ1v) is 6.77. The highest BCUT2D eigenvalue weighted by molar-refractivity contribution is 5.80. The highest BCUT2D eigenvalue weighted by Gasteiger charge is 2.20. The predicted molar refractivity (Wildman–Crippen MR) is 73.7 cm³/mol. The Kier molecular flexibility index (Phi) is 10.8. The summed E-state index contributed by atoms with van der Waals surface area (Å²) in [6, 6.07) is -0.307. The molecule has 0 saturated carbocycles. The van der Waals surface area contributed by atoms with Gasteiger partial charge < -0.3 is 25.3 Å². The van der Waals surface area contributed by atoms with E-state index >= 15 is 0 Å². The molecule has 3 atom stereocenters. The maximum atomic E-state index is 11.3. The number of rotatable bonds is 12. The van der Waals surface area contributed by atoms with Crippen LogP contribution in [0.4, 0.5) is 0 Å². The maximum Gasteiger partial charge on any atom is 0.234 e. The minimum absolute atomic E-state index is 0.216. The lowest BCUT2D eigenvalue weighted by molar-refractivity contribution is -0.137. The van der Waals surface area contributed by atoms with Crippen LogP contribution in [-0.2, 0) is 19.0 Å². The Morgan fingerprint density at radius 2 is 1.84 bits per heavy atom. The summed E-state index contributed by atoms with van der Waals surface area (Å²) in [7, 11) is 1.62. The average molecular weight is 276 g/mol. The largest absolute Gasteiger partial charge is 0.382 e. The second kappa shape index (κ2) is 11.2. The number of methoxy groups -OCH3 is 1. The van der Waals surface area contributed by atoms with E-state index in [4.69, 9.17) is 19.9 Å². The molecule has 19 heavy (non-hydrogen) atoms. The third kappa shape index (κ3) is 8.93. The van der Waals surface area contributed by atoms with Gasteiger partial charge in [-0.05, 0) is 12.8 Å². The Morgan fingerprint density at radius 1 is 1.21 bits per heavy atom. The smallest absolute Gasteiger partial charge is 0.234 e. The summed E-state index contributed by atoms with van der Waals surface area (Å²) in [4.78, 5) is 11.3. The zero-order valence-electron chi connectivity index (χ0n) is 12.5. The van der Waals surface area contributed by atoms with Crippen molar-refractivity contribution in [1.29, 1.82) is 0 Å². The standard InChI is InChI=1S/C13H28N2O4/c1-5-10(2)12(13(14)16)15-6-7-18-11(3)19-9-8-17-4/h10-12,15H,5-9H2,1-4H3,(H2,14,16). The lowest BCUT2D eigenvalue weighted by Crippen LogP contribution is -2.46. The van der Waals surface area contributed by atoms with Gasteiger partial charge in [0, 0.05) is 13.7 Å². The monoisotopic (exact) mass is 276 g/mol. The fourth-order valence-corrected chi connectivity index (χ4v) is 1.60.